The van der Waals surface area contributed by atoms with Crippen LogP contribution < -0.4 is 4.90 Å². The van der Waals surface area contributed by atoms with Gasteiger partial charge in [-0.15, -0.1) is 0 Å². The van der Waals surface area contributed by atoms with Crippen molar-refractivity contribution in [2.75, 3.05) is 23.0 Å². The number of anilines is 1. The van der Waals surface area contributed by atoms with Gasteiger partial charge in [-0.25, -0.2) is 13.4 Å². The molecule has 0 aromatic carbocycles. The highest BCUT2D eigenvalue weighted by molar-refractivity contribution is 7.91. The largest absolute Gasteiger partial charge is 0.390 e. The highest BCUT2D eigenvalue weighted by atomic mass is 32.2. The predicted octanol–water partition coefficient (Wildman–Crippen LogP) is 0.197. The van der Waals surface area contributed by atoms with Gasteiger partial charge in [-0.3, -0.25) is 0 Å². The van der Waals surface area contributed by atoms with E-state index in [1.54, 1.807) is 6.07 Å². The van der Waals surface area contributed by atoms with E-state index in [0.29, 0.717) is 12.2 Å². The molecule has 0 aliphatic carbocycles. The average Bonchev–Trinajstić information content (AvgIpc) is 2.28. The number of hydrogen-bond donors (Lipinski definition) is 1. The van der Waals surface area contributed by atoms with E-state index < -0.39 is 9.84 Å². The molecule has 0 radical (unpaired) electrons. The molecule has 0 bridgehead atoms. The SMILES string of the molecule is CC1CS(=O)(=O)CCN1c1cccc(CO)n1. The van der Waals surface area contributed by atoms with Gasteiger partial charge in [-0.1, -0.05) is 6.07 Å². The van der Waals surface area contributed by atoms with Crippen LogP contribution >= 0.6 is 0 Å². The van der Waals surface area contributed by atoms with Crippen molar-refractivity contribution in [1.29, 1.82) is 0 Å². The van der Waals surface area contributed by atoms with Gasteiger partial charge in [0.05, 0.1) is 23.8 Å². The summed E-state index contributed by atoms with van der Waals surface area (Å²) in [7, 11) is -2.91. The van der Waals surface area contributed by atoms with Gasteiger partial charge in [-0.05, 0) is 19.1 Å². The second kappa shape index (κ2) is 4.62. The fourth-order valence-electron chi connectivity index (χ4n) is 2.05. The van der Waals surface area contributed by atoms with E-state index in [9.17, 15) is 8.42 Å². The molecule has 2 heterocycles. The van der Waals surface area contributed by atoms with Crippen LogP contribution in [0.5, 0.6) is 0 Å². The van der Waals surface area contributed by atoms with Crippen molar-refractivity contribution in [2.45, 2.75) is 19.6 Å². The lowest BCUT2D eigenvalue weighted by Gasteiger charge is -2.34. The summed E-state index contributed by atoms with van der Waals surface area (Å²) in [5.41, 5.74) is 0.600. The van der Waals surface area contributed by atoms with Crippen LogP contribution in [0, 0.1) is 0 Å². The molecule has 1 unspecified atom stereocenters. The average molecular weight is 256 g/mol. The van der Waals surface area contributed by atoms with Gasteiger partial charge in [0.1, 0.15) is 5.82 Å². The van der Waals surface area contributed by atoms with Crippen molar-refractivity contribution in [3.8, 4) is 0 Å². The molecule has 1 fully saturated rings. The van der Waals surface area contributed by atoms with Crippen molar-refractivity contribution >= 4 is 15.7 Å². The van der Waals surface area contributed by atoms with Crippen molar-refractivity contribution in [1.82, 2.24) is 4.98 Å². The molecule has 1 atom stereocenters. The van der Waals surface area contributed by atoms with E-state index >= 15 is 0 Å². The first kappa shape index (κ1) is 12.3. The maximum absolute atomic E-state index is 11.5. The Bertz CT molecular complexity index is 501. The molecule has 0 amide bonds. The summed E-state index contributed by atoms with van der Waals surface area (Å²) in [5.74, 6) is 1.07. The van der Waals surface area contributed by atoms with Crippen LogP contribution in [0.25, 0.3) is 0 Å². The number of hydrogen-bond acceptors (Lipinski definition) is 5. The third-order valence-corrected chi connectivity index (χ3v) is 4.71. The number of pyridine rings is 1. The van der Waals surface area contributed by atoms with Crippen molar-refractivity contribution in [3.05, 3.63) is 23.9 Å². The number of aliphatic hydroxyl groups is 1. The van der Waals surface area contributed by atoms with Gasteiger partial charge in [-0.2, -0.15) is 0 Å². The lowest BCUT2D eigenvalue weighted by molar-refractivity contribution is 0.277. The van der Waals surface area contributed by atoms with Crippen molar-refractivity contribution in [3.63, 3.8) is 0 Å². The maximum Gasteiger partial charge on any atom is 0.154 e. The number of aromatic nitrogens is 1. The van der Waals surface area contributed by atoms with E-state index in [2.05, 4.69) is 4.98 Å². The first-order valence-corrected chi connectivity index (χ1v) is 7.38. The number of nitrogens with zero attached hydrogens (tertiary/aromatic N) is 2. The topological polar surface area (TPSA) is 70.5 Å². The van der Waals surface area contributed by atoms with Crippen LogP contribution in [0.3, 0.4) is 0 Å². The molecule has 2 rings (SSSR count). The lowest BCUT2D eigenvalue weighted by Crippen LogP contribution is -2.47. The summed E-state index contributed by atoms with van der Waals surface area (Å²) in [4.78, 5) is 6.27. The Balaban J connectivity index is 2.23. The van der Waals surface area contributed by atoms with Gasteiger partial charge < -0.3 is 10.0 Å². The van der Waals surface area contributed by atoms with Gasteiger partial charge in [0.15, 0.2) is 9.84 Å². The molecular formula is C11H16N2O3S. The molecule has 0 spiro atoms. The van der Waals surface area contributed by atoms with Crippen LogP contribution in [-0.4, -0.2) is 42.6 Å². The highest BCUT2D eigenvalue weighted by Crippen LogP contribution is 2.19. The molecule has 1 aromatic heterocycles. The third kappa shape index (κ3) is 2.76. The standard InChI is InChI=1S/C11H16N2O3S/c1-9-8-17(15,16)6-5-13(9)11-4-2-3-10(7-14)12-11/h2-4,9,14H,5-8H2,1H3. The normalized spacial score (nSPS) is 23.6. The van der Waals surface area contributed by atoms with E-state index in [-0.39, 0.29) is 24.2 Å². The Kier molecular flexibility index (Phi) is 3.35. The quantitative estimate of drug-likeness (QED) is 0.818. The zero-order valence-corrected chi connectivity index (χ0v) is 10.5. The van der Waals surface area contributed by atoms with Crippen molar-refractivity contribution < 1.29 is 13.5 Å². The smallest absolute Gasteiger partial charge is 0.154 e. The molecule has 6 heteroatoms. The van der Waals surface area contributed by atoms with Crippen LogP contribution in [-0.2, 0) is 16.4 Å². The van der Waals surface area contributed by atoms with Crippen molar-refractivity contribution in [2.24, 2.45) is 0 Å². The number of rotatable bonds is 2. The first-order chi connectivity index (χ1) is 8.02. The Labute approximate surface area is 101 Å². The monoisotopic (exact) mass is 256 g/mol. The highest BCUT2D eigenvalue weighted by Gasteiger charge is 2.28. The first-order valence-electron chi connectivity index (χ1n) is 5.56. The summed E-state index contributed by atoms with van der Waals surface area (Å²) in [5, 5.41) is 9.03. The maximum atomic E-state index is 11.5. The predicted molar refractivity (Wildman–Crippen MR) is 65.6 cm³/mol. The molecule has 5 nitrogen and oxygen atoms in total. The molecule has 1 aromatic rings. The minimum absolute atomic E-state index is 0.0739. The lowest BCUT2D eigenvalue weighted by atomic mass is 10.3. The van der Waals surface area contributed by atoms with E-state index in [1.807, 2.05) is 24.0 Å². The molecule has 94 valence electrons. The Morgan fingerprint density at radius 3 is 2.94 bits per heavy atom. The Morgan fingerprint density at radius 1 is 1.53 bits per heavy atom. The molecule has 1 saturated heterocycles. The molecule has 1 aliphatic rings. The Hall–Kier alpha value is -1.14. The fraction of sp³-hybridized carbons (Fsp3) is 0.545. The summed E-state index contributed by atoms with van der Waals surface area (Å²) < 4.78 is 22.9. The zero-order chi connectivity index (χ0) is 12.5. The van der Waals surface area contributed by atoms with Crippen LogP contribution in [0.4, 0.5) is 5.82 Å². The van der Waals surface area contributed by atoms with Gasteiger partial charge >= 0.3 is 0 Å². The summed E-state index contributed by atoms with van der Waals surface area (Å²) >= 11 is 0. The van der Waals surface area contributed by atoms with Gasteiger partial charge in [0.25, 0.3) is 0 Å². The molecule has 1 N–H and O–H groups in total. The minimum Gasteiger partial charge on any atom is -0.390 e. The molecule has 17 heavy (non-hydrogen) atoms. The van der Waals surface area contributed by atoms with Crippen LogP contribution in [0.1, 0.15) is 12.6 Å². The molecule has 1 aliphatic heterocycles. The zero-order valence-electron chi connectivity index (χ0n) is 9.70. The van der Waals surface area contributed by atoms with Gasteiger partial charge in [0, 0.05) is 12.6 Å². The number of sulfone groups is 1. The summed E-state index contributed by atoms with van der Waals surface area (Å²) in [6.45, 7) is 2.24. The van der Waals surface area contributed by atoms with Gasteiger partial charge in [0.2, 0.25) is 0 Å². The van der Waals surface area contributed by atoms with E-state index in [1.165, 1.54) is 0 Å². The minimum atomic E-state index is -2.91. The van der Waals surface area contributed by atoms with Crippen LogP contribution in [0.2, 0.25) is 0 Å². The third-order valence-electron chi connectivity index (χ3n) is 2.92. The molecule has 0 saturated carbocycles. The second-order valence-electron chi connectivity index (χ2n) is 4.30. The Morgan fingerprint density at radius 2 is 2.29 bits per heavy atom. The number of aliphatic hydroxyl groups excluding tert-OH is 1. The van der Waals surface area contributed by atoms with E-state index in [4.69, 9.17) is 5.11 Å². The molecular weight excluding hydrogens is 240 g/mol. The second-order valence-corrected chi connectivity index (χ2v) is 6.53. The summed E-state index contributed by atoms with van der Waals surface area (Å²) in [6.07, 6.45) is 0. The summed E-state index contributed by atoms with van der Waals surface area (Å²) in [6, 6.07) is 5.34. The van der Waals surface area contributed by atoms with Crippen LogP contribution in [0.15, 0.2) is 18.2 Å². The van der Waals surface area contributed by atoms with E-state index in [0.717, 1.165) is 5.82 Å². The fourth-order valence-corrected chi connectivity index (χ4v) is 3.61.